The highest BCUT2D eigenvalue weighted by molar-refractivity contribution is 5.88. The maximum Gasteiger partial charge on any atom is 0.335 e. The van der Waals surface area contributed by atoms with Gasteiger partial charge in [-0.25, -0.2) is 9.78 Å². The lowest BCUT2D eigenvalue weighted by Crippen LogP contribution is -2.18. The number of methoxy groups -OCH3 is 1. The van der Waals surface area contributed by atoms with Gasteiger partial charge in [0, 0.05) is 11.7 Å². The van der Waals surface area contributed by atoms with Gasteiger partial charge in [0.1, 0.15) is 11.6 Å². The lowest BCUT2D eigenvalue weighted by Gasteiger charge is -2.19. The summed E-state index contributed by atoms with van der Waals surface area (Å²) in [6.07, 6.45) is 1.84. The third kappa shape index (κ3) is 4.67. The summed E-state index contributed by atoms with van der Waals surface area (Å²) >= 11 is 0. The van der Waals surface area contributed by atoms with Crippen molar-refractivity contribution in [1.82, 2.24) is 4.98 Å². The van der Waals surface area contributed by atoms with E-state index in [1.165, 1.54) is 25.3 Å². The Morgan fingerprint density at radius 2 is 2.00 bits per heavy atom. The van der Waals surface area contributed by atoms with Gasteiger partial charge in [-0.1, -0.05) is 13.8 Å². The molecule has 142 valence electrons. The number of aryl methyl sites for hydroxylation is 1. The van der Waals surface area contributed by atoms with Crippen molar-refractivity contribution in [1.29, 1.82) is 5.26 Å². The van der Waals surface area contributed by atoms with Crippen molar-refractivity contribution in [2.45, 2.75) is 39.7 Å². The number of nitriles is 1. The minimum atomic E-state index is -1.07. The number of pyridine rings is 1. The zero-order valence-corrected chi connectivity index (χ0v) is 15.9. The number of carboxylic acids is 1. The fraction of sp³-hybridized carbons (Fsp3) is 0.350. The molecule has 2 N–H and O–H groups in total. The standard InChI is InChI=1S/C20H23N3O4/c1-5-14(6-2)23-16-9-12(3)22-19(15(16)11-21)27-17-8-7-13(20(24)25)10-18(17)26-4/h7-10,14H,5-6H2,1-4H3,(H,22,23)(H,24,25). The third-order valence-electron chi connectivity index (χ3n) is 4.19. The lowest BCUT2D eigenvalue weighted by atomic mass is 10.1. The molecular weight excluding hydrogens is 346 g/mol. The van der Waals surface area contributed by atoms with Gasteiger partial charge < -0.3 is 19.9 Å². The minimum absolute atomic E-state index is 0.0768. The molecule has 1 aromatic heterocycles. The zero-order chi connectivity index (χ0) is 20.0. The first-order valence-corrected chi connectivity index (χ1v) is 8.70. The summed E-state index contributed by atoms with van der Waals surface area (Å²) in [5.41, 5.74) is 1.72. The molecule has 0 bridgehead atoms. The average Bonchev–Trinajstić information content (AvgIpc) is 2.65. The Balaban J connectivity index is 2.46. The number of nitrogens with zero attached hydrogens (tertiary/aromatic N) is 2. The first-order valence-electron chi connectivity index (χ1n) is 8.70. The van der Waals surface area contributed by atoms with Gasteiger partial charge >= 0.3 is 5.97 Å². The molecule has 1 aromatic carbocycles. The Labute approximate surface area is 158 Å². The maximum absolute atomic E-state index is 11.1. The second-order valence-electron chi connectivity index (χ2n) is 6.03. The van der Waals surface area contributed by atoms with E-state index in [2.05, 4.69) is 30.2 Å². The Hall–Kier alpha value is -3.27. The average molecular weight is 369 g/mol. The van der Waals surface area contributed by atoms with Crippen LogP contribution in [0, 0.1) is 18.3 Å². The molecule has 2 aromatic rings. The van der Waals surface area contributed by atoms with Crippen molar-refractivity contribution in [3.8, 4) is 23.4 Å². The lowest BCUT2D eigenvalue weighted by molar-refractivity contribution is 0.0696. The molecule has 0 aliphatic rings. The monoisotopic (exact) mass is 369 g/mol. The van der Waals surface area contributed by atoms with Crippen molar-refractivity contribution in [2.24, 2.45) is 0 Å². The summed E-state index contributed by atoms with van der Waals surface area (Å²) in [5.74, 6) is -0.391. The van der Waals surface area contributed by atoms with Crippen molar-refractivity contribution in [3.63, 3.8) is 0 Å². The molecule has 0 atom stereocenters. The molecule has 0 saturated carbocycles. The van der Waals surface area contributed by atoms with E-state index in [4.69, 9.17) is 14.6 Å². The van der Waals surface area contributed by atoms with Crippen LogP contribution in [0.5, 0.6) is 17.4 Å². The number of hydrogen-bond donors (Lipinski definition) is 2. The third-order valence-corrected chi connectivity index (χ3v) is 4.19. The molecule has 0 saturated heterocycles. The summed E-state index contributed by atoms with van der Waals surface area (Å²) in [5, 5.41) is 22.1. The minimum Gasteiger partial charge on any atom is -0.493 e. The van der Waals surface area contributed by atoms with Crippen molar-refractivity contribution in [3.05, 3.63) is 41.1 Å². The number of aromatic carboxylic acids is 1. The number of anilines is 1. The largest absolute Gasteiger partial charge is 0.493 e. The second-order valence-corrected chi connectivity index (χ2v) is 6.03. The highest BCUT2D eigenvalue weighted by Gasteiger charge is 2.18. The summed E-state index contributed by atoms with van der Waals surface area (Å²) in [7, 11) is 1.42. The normalized spacial score (nSPS) is 10.4. The molecular formula is C20H23N3O4. The van der Waals surface area contributed by atoms with Crippen LogP contribution < -0.4 is 14.8 Å². The molecule has 0 spiro atoms. The number of nitrogens with one attached hydrogen (secondary N) is 1. The predicted molar refractivity (Wildman–Crippen MR) is 102 cm³/mol. The Bertz CT molecular complexity index is 870. The quantitative estimate of drug-likeness (QED) is 0.712. The van der Waals surface area contributed by atoms with Gasteiger partial charge in [-0.15, -0.1) is 0 Å². The van der Waals surface area contributed by atoms with Crippen LogP contribution in [0.2, 0.25) is 0 Å². The van der Waals surface area contributed by atoms with Crippen LogP contribution in [0.25, 0.3) is 0 Å². The smallest absolute Gasteiger partial charge is 0.335 e. The van der Waals surface area contributed by atoms with E-state index in [0.717, 1.165) is 12.8 Å². The Morgan fingerprint density at radius 3 is 2.56 bits per heavy atom. The van der Waals surface area contributed by atoms with Gasteiger partial charge in [0.05, 0.1) is 18.4 Å². The number of benzene rings is 1. The van der Waals surface area contributed by atoms with Crippen molar-refractivity contribution >= 4 is 11.7 Å². The van der Waals surface area contributed by atoms with Gasteiger partial charge in [-0.2, -0.15) is 5.26 Å². The number of carbonyl (C=O) groups is 1. The topological polar surface area (TPSA) is 104 Å². The van der Waals surface area contributed by atoms with Crippen LogP contribution in [0.3, 0.4) is 0 Å². The summed E-state index contributed by atoms with van der Waals surface area (Å²) < 4.78 is 11.1. The first-order chi connectivity index (χ1) is 12.9. The fourth-order valence-corrected chi connectivity index (χ4v) is 2.64. The van der Waals surface area contributed by atoms with Gasteiger partial charge in [-0.3, -0.25) is 0 Å². The molecule has 0 amide bonds. The molecule has 27 heavy (non-hydrogen) atoms. The maximum atomic E-state index is 11.1. The number of hydrogen-bond acceptors (Lipinski definition) is 6. The van der Waals surface area contributed by atoms with E-state index in [9.17, 15) is 10.1 Å². The van der Waals surface area contributed by atoms with Gasteiger partial charge in [0.15, 0.2) is 11.5 Å². The molecule has 1 heterocycles. The van der Waals surface area contributed by atoms with E-state index >= 15 is 0 Å². The van der Waals surface area contributed by atoms with Crippen LogP contribution in [-0.4, -0.2) is 29.2 Å². The molecule has 0 radical (unpaired) electrons. The van der Waals surface area contributed by atoms with Crippen LogP contribution in [-0.2, 0) is 0 Å². The van der Waals surface area contributed by atoms with Crippen molar-refractivity contribution in [2.75, 3.05) is 12.4 Å². The molecule has 0 unspecified atom stereocenters. The molecule has 7 nitrogen and oxygen atoms in total. The number of aromatic nitrogens is 1. The van der Waals surface area contributed by atoms with Crippen LogP contribution in [0.4, 0.5) is 5.69 Å². The summed E-state index contributed by atoms with van der Waals surface area (Å²) in [6.45, 7) is 5.97. The SMILES string of the molecule is CCC(CC)Nc1cc(C)nc(Oc2ccc(C(=O)O)cc2OC)c1C#N. The Kier molecular flexibility index (Phi) is 6.61. The van der Waals surface area contributed by atoms with Gasteiger partial charge in [0.25, 0.3) is 0 Å². The van der Waals surface area contributed by atoms with Gasteiger partial charge in [-0.05, 0) is 44.0 Å². The van der Waals surface area contributed by atoms with Gasteiger partial charge in [0.2, 0.25) is 5.88 Å². The van der Waals surface area contributed by atoms with Crippen LogP contribution >= 0.6 is 0 Å². The summed E-state index contributed by atoms with van der Waals surface area (Å²) in [4.78, 5) is 15.5. The molecule has 0 aliphatic carbocycles. The van der Waals surface area contributed by atoms with E-state index in [-0.39, 0.29) is 34.5 Å². The van der Waals surface area contributed by atoms with Crippen molar-refractivity contribution < 1.29 is 19.4 Å². The number of ether oxygens (including phenoxy) is 2. The van der Waals surface area contributed by atoms with Crippen LogP contribution in [0.15, 0.2) is 24.3 Å². The fourth-order valence-electron chi connectivity index (χ4n) is 2.64. The first kappa shape index (κ1) is 20.0. The number of rotatable bonds is 8. The van der Waals surface area contributed by atoms with E-state index in [1.54, 1.807) is 0 Å². The Morgan fingerprint density at radius 1 is 1.30 bits per heavy atom. The second kappa shape index (κ2) is 8.90. The zero-order valence-electron chi connectivity index (χ0n) is 15.9. The van der Waals surface area contributed by atoms with E-state index in [0.29, 0.717) is 11.4 Å². The van der Waals surface area contributed by atoms with Crippen LogP contribution in [0.1, 0.15) is 48.3 Å². The number of carboxylic acid groups (broad SMARTS) is 1. The highest BCUT2D eigenvalue weighted by atomic mass is 16.5. The molecule has 0 aliphatic heterocycles. The molecule has 2 rings (SSSR count). The predicted octanol–water partition coefficient (Wildman–Crippen LogP) is 4.36. The highest BCUT2D eigenvalue weighted by Crippen LogP contribution is 2.35. The molecule has 7 heteroatoms. The molecule has 0 fully saturated rings. The van der Waals surface area contributed by atoms with E-state index in [1.807, 2.05) is 13.0 Å². The summed E-state index contributed by atoms with van der Waals surface area (Å²) in [6, 6.07) is 8.45. The van der Waals surface area contributed by atoms with E-state index < -0.39 is 5.97 Å².